The van der Waals surface area contributed by atoms with Gasteiger partial charge >= 0.3 is 0 Å². The summed E-state index contributed by atoms with van der Waals surface area (Å²) >= 11 is 1.89. The molecule has 0 fully saturated rings. The Morgan fingerprint density at radius 1 is 1.43 bits per heavy atom. The summed E-state index contributed by atoms with van der Waals surface area (Å²) in [7, 11) is 0. The summed E-state index contributed by atoms with van der Waals surface area (Å²) in [4.78, 5) is 4.03. The Bertz CT molecular complexity index is 573. The largest absolute Gasteiger partial charge is 0.468 e. The maximum atomic E-state index is 5.72. The van der Waals surface area contributed by atoms with Crippen LogP contribution >= 0.6 is 11.3 Å². The van der Waals surface area contributed by atoms with E-state index in [-0.39, 0.29) is 0 Å². The van der Waals surface area contributed by atoms with Crippen LogP contribution in [0.3, 0.4) is 0 Å². The summed E-state index contributed by atoms with van der Waals surface area (Å²) in [6.07, 6.45) is 3.07. The van der Waals surface area contributed by atoms with Crippen LogP contribution in [-0.4, -0.2) is 18.0 Å². The minimum absolute atomic E-state index is 0.685. The second-order valence-corrected chi connectivity index (χ2v) is 7.28. The fraction of sp³-hybridized carbons (Fsp3) is 0.529. The van der Waals surface area contributed by atoms with E-state index in [1.165, 1.54) is 17.5 Å². The predicted octanol–water partition coefficient (Wildman–Crippen LogP) is 3.65. The predicted molar refractivity (Wildman–Crippen MR) is 87.4 cm³/mol. The smallest absolute Gasteiger partial charge is 0.118 e. The Hall–Kier alpha value is -1.10. The molecule has 1 aliphatic heterocycles. The molecule has 0 saturated carbocycles. The molecule has 0 radical (unpaired) electrons. The average Bonchev–Trinajstić information content (AvgIpc) is 3.07. The first-order chi connectivity index (χ1) is 10.2. The lowest BCUT2D eigenvalue weighted by atomic mass is 10.1. The van der Waals surface area contributed by atoms with Gasteiger partial charge in [-0.2, -0.15) is 0 Å². The lowest BCUT2D eigenvalue weighted by molar-refractivity contribution is 0.227. The number of furan rings is 1. The van der Waals surface area contributed by atoms with Gasteiger partial charge in [-0.15, -0.1) is 11.3 Å². The van der Waals surface area contributed by atoms with Gasteiger partial charge in [0, 0.05) is 30.1 Å². The third kappa shape index (κ3) is 3.96. The van der Waals surface area contributed by atoms with E-state index >= 15 is 0 Å². The van der Waals surface area contributed by atoms with Gasteiger partial charge < -0.3 is 9.73 Å². The molecule has 0 spiro atoms. The molecular formula is C17H24N2OS. The molecule has 0 unspecified atom stereocenters. The van der Waals surface area contributed by atoms with Crippen molar-refractivity contribution < 1.29 is 4.42 Å². The van der Waals surface area contributed by atoms with Gasteiger partial charge in [-0.05, 0) is 42.0 Å². The van der Waals surface area contributed by atoms with Crippen LogP contribution in [0, 0.1) is 5.92 Å². The molecule has 3 rings (SSSR count). The van der Waals surface area contributed by atoms with E-state index in [1.54, 1.807) is 4.88 Å². The number of nitrogens with one attached hydrogen (secondary N) is 1. The molecule has 0 saturated heterocycles. The van der Waals surface area contributed by atoms with E-state index in [0.717, 1.165) is 38.5 Å². The van der Waals surface area contributed by atoms with Crippen LogP contribution in [0.25, 0.3) is 0 Å². The third-order valence-corrected chi connectivity index (χ3v) is 4.88. The summed E-state index contributed by atoms with van der Waals surface area (Å²) in [6.45, 7) is 9.50. The molecule has 4 heteroatoms. The highest BCUT2D eigenvalue weighted by Crippen LogP contribution is 2.25. The first-order valence-electron chi connectivity index (χ1n) is 7.75. The highest BCUT2D eigenvalue weighted by molar-refractivity contribution is 7.10. The molecule has 1 aliphatic rings. The summed E-state index contributed by atoms with van der Waals surface area (Å²) in [5.41, 5.74) is 2.75. The molecule has 0 amide bonds. The molecule has 21 heavy (non-hydrogen) atoms. The molecule has 0 atom stereocenters. The molecule has 2 aromatic rings. The number of hydrogen-bond acceptors (Lipinski definition) is 4. The summed E-state index contributed by atoms with van der Waals surface area (Å²) in [5.74, 6) is 1.76. The molecule has 2 aromatic heterocycles. The second-order valence-electron chi connectivity index (χ2n) is 6.28. The van der Waals surface area contributed by atoms with Crippen LogP contribution in [0.2, 0.25) is 0 Å². The van der Waals surface area contributed by atoms with Crippen LogP contribution in [0.5, 0.6) is 0 Å². The zero-order valence-corrected chi connectivity index (χ0v) is 13.7. The van der Waals surface area contributed by atoms with Crippen molar-refractivity contribution in [2.24, 2.45) is 5.92 Å². The number of hydrogen-bond donors (Lipinski definition) is 1. The van der Waals surface area contributed by atoms with Crippen molar-refractivity contribution in [1.29, 1.82) is 0 Å². The lowest BCUT2D eigenvalue weighted by Crippen LogP contribution is -2.28. The number of rotatable bonds is 6. The zero-order chi connectivity index (χ0) is 14.7. The van der Waals surface area contributed by atoms with Crippen LogP contribution < -0.4 is 5.32 Å². The van der Waals surface area contributed by atoms with E-state index in [9.17, 15) is 0 Å². The van der Waals surface area contributed by atoms with Gasteiger partial charge in [0.15, 0.2) is 0 Å². The van der Waals surface area contributed by atoms with Gasteiger partial charge in [-0.25, -0.2) is 0 Å². The zero-order valence-electron chi connectivity index (χ0n) is 12.9. The van der Waals surface area contributed by atoms with Gasteiger partial charge in [0.25, 0.3) is 0 Å². The standard InChI is InChI=1S/C17H24N2OS/c1-13(2)8-18-9-14-7-16(20-12-14)11-19-5-3-17-15(10-19)4-6-21-17/h4,6-7,12-13,18H,3,5,8-11H2,1-2H3. The van der Waals surface area contributed by atoms with Crippen molar-refractivity contribution >= 4 is 11.3 Å². The summed E-state index contributed by atoms with van der Waals surface area (Å²) < 4.78 is 5.72. The van der Waals surface area contributed by atoms with Gasteiger partial charge in [-0.3, -0.25) is 4.90 Å². The van der Waals surface area contributed by atoms with Gasteiger partial charge in [0.1, 0.15) is 5.76 Å². The number of thiophene rings is 1. The van der Waals surface area contributed by atoms with Crippen molar-refractivity contribution in [3.05, 3.63) is 45.5 Å². The van der Waals surface area contributed by atoms with Crippen LogP contribution in [0.15, 0.2) is 28.2 Å². The number of fused-ring (bicyclic) bond motifs is 1. The Labute approximate surface area is 131 Å². The normalized spacial score (nSPS) is 15.6. The second kappa shape index (κ2) is 6.77. The SMILES string of the molecule is CC(C)CNCc1coc(CN2CCc3sccc3C2)c1. The first kappa shape index (κ1) is 14.8. The van der Waals surface area contributed by atoms with Gasteiger partial charge in [0.2, 0.25) is 0 Å². The van der Waals surface area contributed by atoms with Crippen LogP contribution in [0.4, 0.5) is 0 Å². The van der Waals surface area contributed by atoms with E-state index < -0.39 is 0 Å². The monoisotopic (exact) mass is 304 g/mol. The summed E-state index contributed by atoms with van der Waals surface area (Å²) in [5, 5.41) is 5.66. The molecule has 1 N–H and O–H groups in total. The number of nitrogens with zero attached hydrogens (tertiary/aromatic N) is 1. The molecule has 0 aromatic carbocycles. The van der Waals surface area contributed by atoms with Crippen LogP contribution in [-0.2, 0) is 26.1 Å². The fourth-order valence-corrected chi connectivity index (χ4v) is 3.66. The van der Waals surface area contributed by atoms with E-state index in [2.05, 4.69) is 41.6 Å². The Morgan fingerprint density at radius 2 is 2.33 bits per heavy atom. The molecular weight excluding hydrogens is 280 g/mol. The topological polar surface area (TPSA) is 28.4 Å². The maximum Gasteiger partial charge on any atom is 0.118 e. The van der Waals surface area contributed by atoms with Crippen molar-refractivity contribution in [3.63, 3.8) is 0 Å². The Balaban J connectivity index is 1.51. The van der Waals surface area contributed by atoms with Crippen molar-refractivity contribution in [3.8, 4) is 0 Å². The molecule has 0 bridgehead atoms. The highest BCUT2D eigenvalue weighted by atomic mass is 32.1. The molecule has 3 heterocycles. The maximum absolute atomic E-state index is 5.72. The lowest BCUT2D eigenvalue weighted by Gasteiger charge is -2.25. The van der Waals surface area contributed by atoms with Crippen LogP contribution in [0.1, 0.15) is 35.6 Å². The van der Waals surface area contributed by atoms with Crippen molar-refractivity contribution in [2.45, 2.75) is 39.9 Å². The fourth-order valence-electron chi connectivity index (χ4n) is 2.77. The summed E-state index contributed by atoms with van der Waals surface area (Å²) in [6, 6.07) is 4.45. The minimum Gasteiger partial charge on any atom is -0.468 e. The van der Waals surface area contributed by atoms with Crippen molar-refractivity contribution in [1.82, 2.24) is 10.2 Å². The molecule has 0 aliphatic carbocycles. The average molecular weight is 304 g/mol. The first-order valence-corrected chi connectivity index (χ1v) is 8.63. The highest BCUT2D eigenvalue weighted by Gasteiger charge is 2.18. The quantitative estimate of drug-likeness (QED) is 0.883. The Kier molecular flexibility index (Phi) is 4.78. The van der Waals surface area contributed by atoms with Gasteiger partial charge in [-0.1, -0.05) is 13.8 Å². The van der Waals surface area contributed by atoms with Crippen molar-refractivity contribution in [2.75, 3.05) is 13.1 Å². The minimum atomic E-state index is 0.685. The third-order valence-electron chi connectivity index (χ3n) is 3.86. The van der Waals surface area contributed by atoms with E-state index in [0.29, 0.717) is 5.92 Å². The van der Waals surface area contributed by atoms with Gasteiger partial charge in [0.05, 0.1) is 12.8 Å². The Morgan fingerprint density at radius 3 is 3.19 bits per heavy atom. The molecule has 114 valence electrons. The van der Waals surface area contributed by atoms with E-state index in [1.807, 2.05) is 17.6 Å². The molecule has 3 nitrogen and oxygen atoms in total. The van der Waals surface area contributed by atoms with E-state index in [4.69, 9.17) is 4.42 Å².